The number of sulfone groups is 1. The number of rotatable bonds is 7. The molecule has 0 atom stereocenters. The maximum absolute atomic E-state index is 15.4. The summed E-state index contributed by atoms with van der Waals surface area (Å²) in [7, 11) is -4.07. The third-order valence-electron chi connectivity index (χ3n) is 6.63. The van der Waals surface area contributed by atoms with E-state index in [0.29, 0.717) is 30.8 Å². The first-order valence-corrected chi connectivity index (χ1v) is 13.8. The number of hydrogen-bond acceptors (Lipinski definition) is 5. The third-order valence-corrected chi connectivity index (χ3v) is 8.35. The number of pyridine rings is 1. The number of aromatic nitrogens is 1. The number of nitrogens with zero attached hydrogens (tertiary/aromatic N) is 3. The number of piperazine rings is 1. The first-order valence-electron chi connectivity index (χ1n) is 12.3. The summed E-state index contributed by atoms with van der Waals surface area (Å²) in [4.78, 5) is 17.6. The lowest BCUT2D eigenvalue weighted by Gasteiger charge is -2.36. The van der Waals surface area contributed by atoms with Gasteiger partial charge < -0.3 is 9.47 Å². The Hall–Kier alpha value is -2.71. The fourth-order valence-corrected chi connectivity index (χ4v) is 6.53. The maximum atomic E-state index is 15.4. The minimum Gasteiger partial charge on any atom is -0.367 e. The molecule has 8 heteroatoms. The highest BCUT2D eigenvalue weighted by Crippen LogP contribution is 2.29. The van der Waals surface area contributed by atoms with Gasteiger partial charge in [0.15, 0.2) is 0 Å². The van der Waals surface area contributed by atoms with Gasteiger partial charge >= 0.3 is 0 Å². The minimum atomic E-state index is -4.07. The fraction of sp³-hybridized carbons (Fsp3) is 0.444. The van der Waals surface area contributed by atoms with Gasteiger partial charge in [-0.1, -0.05) is 19.9 Å². The molecule has 0 unspecified atom stereocenters. The van der Waals surface area contributed by atoms with Crippen LogP contribution in [0.4, 0.5) is 10.1 Å². The van der Waals surface area contributed by atoms with Crippen LogP contribution >= 0.6 is 0 Å². The van der Waals surface area contributed by atoms with Crippen molar-refractivity contribution in [2.24, 2.45) is 0 Å². The summed E-state index contributed by atoms with van der Waals surface area (Å²) < 4.78 is 44.2. The minimum absolute atomic E-state index is 0.0801. The Kier molecular flexibility index (Phi) is 7.33. The van der Waals surface area contributed by atoms with E-state index < -0.39 is 21.1 Å². The van der Waals surface area contributed by atoms with Crippen LogP contribution in [0.25, 0.3) is 10.9 Å². The average Bonchev–Trinajstić information content (AvgIpc) is 2.81. The SMILES string of the molecule is CCCN1CCN(c2cc3c(cc2F)c(=O)c(S(=O)(=O)c2cc(C)cc(C)c2)cn3CCC)CC1. The third kappa shape index (κ3) is 5.00. The molecule has 35 heavy (non-hydrogen) atoms. The highest BCUT2D eigenvalue weighted by Gasteiger charge is 2.26. The second-order valence-corrected chi connectivity index (χ2v) is 11.4. The molecule has 0 radical (unpaired) electrons. The predicted molar refractivity (Wildman–Crippen MR) is 139 cm³/mol. The van der Waals surface area contributed by atoms with Gasteiger partial charge in [-0.3, -0.25) is 9.69 Å². The first-order chi connectivity index (χ1) is 16.6. The lowest BCUT2D eigenvalue weighted by molar-refractivity contribution is 0.258. The smallest absolute Gasteiger partial charge is 0.211 e. The molecule has 0 saturated carbocycles. The molecule has 3 aromatic rings. The number of aryl methyl sites for hydroxylation is 3. The van der Waals surface area contributed by atoms with Gasteiger partial charge in [0.2, 0.25) is 15.3 Å². The van der Waals surface area contributed by atoms with E-state index in [1.165, 1.54) is 12.3 Å². The molecule has 4 rings (SSSR count). The monoisotopic (exact) mass is 499 g/mol. The average molecular weight is 500 g/mol. The van der Waals surface area contributed by atoms with Crippen LogP contribution in [0.3, 0.4) is 0 Å². The molecule has 2 aromatic carbocycles. The van der Waals surface area contributed by atoms with E-state index in [-0.39, 0.29) is 15.2 Å². The van der Waals surface area contributed by atoms with Crippen molar-refractivity contribution in [3.63, 3.8) is 0 Å². The largest absolute Gasteiger partial charge is 0.367 e. The molecule has 1 fully saturated rings. The van der Waals surface area contributed by atoms with Gasteiger partial charge in [-0.25, -0.2) is 12.8 Å². The van der Waals surface area contributed by atoms with E-state index in [4.69, 9.17) is 0 Å². The summed E-state index contributed by atoms with van der Waals surface area (Å²) in [5.74, 6) is -0.498. The van der Waals surface area contributed by atoms with Crippen molar-refractivity contribution in [2.45, 2.75) is 56.9 Å². The van der Waals surface area contributed by atoms with Gasteiger partial charge in [-0.05, 0) is 68.6 Å². The van der Waals surface area contributed by atoms with Crippen LogP contribution in [0.1, 0.15) is 37.8 Å². The van der Waals surface area contributed by atoms with Crippen molar-refractivity contribution in [3.05, 3.63) is 63.7 Å². The van der Waals surface area contributed by atoms with E-state index in [1.807, 2.05) is 31.7 Å². The molecule has 188 valence electrons. The first kappa shape index (κ1) is 25.4. The normalized spacial score (nSPS) is 15.2. The second-order valence-electron chi connectivity index (χ2n) is 9.49. The Labute approximate surface area is 206 Å². The maximum Gasteiger partial charge on any atom is 0.211 e. The highest BCUT2D eigenvalue weighted by molar-refractivity contribution is 7.91. The lowest BCUT2D eigenvalue weighted by Crippen LogP contribution is -2.46. The molecule has 1 aliphatic heterocycles. The van der Waals surface area contributed by atoms with Crippen LogP contribution in [0.5, 0.6) is 0 Å². The molecular formula is C27H34FN3O3S. The standard InChI is InChI=1S/C27H34FN3O3S/c1-5-7-29-9-11-30(12-10-29)25-17-24-22(16-23(25)28)27(32)26(18-31(24)8-6-2)35(33,34)21-14-19(3)13-20(4)15-21/h13-18H,5-12H2,1-4H3. The van der Waals surface area contributed by atoms with Gasteiger partial charge in [0, 0.05) is 38.9 Å². The number of fused-ring (bicyclic) bond motifs is 1. The zero-order valence-corrected chi connectivity index (χ0v) is 21.8. The van der Waals surface area contributed by atoms with E-state index in [1.54, 1.807) is 22.8 Å². The van der Waals surface area contributed by atoms with Crippen molar-refractivity contribution < 1.29 is 12.8 Å². The van der Waals surface area contributed by atoms with Gasteiger partial charge in [0.1, 0.15) is 10.7 Å². The molecule has 6 nitrogen and oxygen atoms in total. The topological polar surface area (TPSA) is 62.6 Å². The summed E-state index contributed by atoms with van der Waals surface area (Å²) in [6.45, 7) is 12.5. The second kappa shape index (κ2) is 10.1. The molecule has 0 bridgehead atoms. The van der Waals surface area contributed by atoms with Crippen LogP contribution in [0, 0.1) is 19.7 Å². The fourth-order valence-electron chi connectivity index (χ4n) is 4.98. The van der Waals surface area contributed by atoms with Gasteiger partial charge in [-0.15, -0.1) is 0 Å². The predicted octanol–water partition coefficient (Wildman–Crippen LogP) is 4.53. The van der Waals surface area contributed by atoms with Crippen molar-refractivity contribution in [1.82, 2.24) is 9.47 Å². The number of halogens is 1. The summed E-state index contributed by atoms with van der Waals surface area (Å²) in [5.41, 5.74) is 1.96. The Balaban J connectivity index is 1.84. The van der Waals surface area contributed by atoms with Crippen molar-refractivity contribution in [1.29, 1.82) is 0 Å². The number of benzene rings is 2. The zero-order valence-electron chi connectivity index (χ0n) is 21.0. The van der Waals surface area contributed by atoms with Crippen molar-refractivity contribution in [3.8, 4) is 0 Å². The Morgan fingerprint density at radius 2 is 1.51 bits per heavy atom. The Morgan fingerprint density at radius 1 is 0.886 bits per heavy atom. The van der Waals surface area contributed by atoms with E-state index in [0.717, 1.165) is 43.6 Å². The van der Waals surface area contributed by atoms with Gasteiger partial charge in [-0.2, -0.15) is 0 Å². The molecule has 0 N–H and O–H groups in total. The number of hydrogen-bond donors (Lipinski definition) is 0. The van der Waals surface area contributed by atoms with E-state index >= 15 is 4.39 Å². The van der Waals surface area contributed by atoms with Crippen molar-refractivity contribution >= 4 is 26.4 Å². The van der Waals surface area contributed by atoms with E-state index in [2.05, 4.69) is 11.8 Å². The summed E-state index contributed by atoms with van der Waals surface area (Å²) in [5, 5.41) is 0.0924. The van der Waals surface area contributed by atoms with E-state index in [9.17, 15) is 13.2 Å². The van der Waals surface area contributed by atoms with Crippen LogP contribution < -0.4 is 10.3 Å². The van der Waals surface area contributed by atoms with Crippen molar-refractivity contribution in [2.75, 3.05) is 37.6 Å². The quantitative estimate of drug-likeness (QED) is 0.478. The molecule has 1 saturated heterocycles. The van der Waals surface area contributed by atoms with Gasteiger partial charge in [0.25, 0.3) is 0 Å². The molecule has 2 heterocycles. The molecule has 0 spiro atoms. The van der Waals surface area contributed by atoms with Crippen LogP contribution in [0.2, 0.25) is 0 Å². The molecule has 0 aliphatic carbocycles. The lowest BCUT2D eigenvalue weighted by atomic mass is 10.1. The summed E-state index contributed by atoms with van der Waals surface area (Å²) >= 11 is 0. The Morgan fingerprint density at radius 3 is 2.11 bits per heavy atom. The van der Waals surface area contributed by atoms with Crippen LogP contribution in [-0.2, 0) is 16.4 Å². The van der Waals surface area contributed by atoms with Crippen LogP contribution in [-0.4, -0.2) is 50.6 Å². The molecule has 0 amide bonds. The molecule has 1 aliphatic rings. The Bertz CT molecular complexity index is 1390. The number of anilines is 1. The zero-order chi connectivity index (χ0) is 25.3. The molecular weight excluding hydrogens is 465 g/mol. The van der Waals surface area contributed by atoms with Gasteiger partial charge in [0.05, 0.1) is 21.5 Å². The van der Waals surface area contributed by atoms with Crippen LogP contribution in [0.15, 0.2) is 51.1 Å². The molecule has 1 aromatic heterocycles. The summed E-state index contributed by atoms with van der Waals surface area (Å²) in [6, 6.07) is 7.95. The highest BCUT2D eigenvalue weighted by atomic mass is 32.2. The summed E-state index contributed by atoms with van der Waals surface area (Å²) in [6.07, 6.45) is 3.26.